The van der Waals surface area contributed by atoms with Gasteiger partial charge in [0, 0.05) is 9.49 Å². The van der Waals surface area contributed by atoms with E-state index >= 15 is 0 Å². The Morgan fingerprint density at radius 2 is 1.81 bits per heavy atom. The summed E-state index contributed by atoms with van der Waals surface area (Å²) in [6.45, 7) is 8.10. The lowest BCUT2D eigenvalue weighted by atomic mass is 9.91. The van der Waals surface area contributed by atoms with Crippen molar-refractivity contribution in [3.63, 3.8) is 0 Å². The predicted octanol–water partition coefficient (Wildman–Crippen LogP) is 0.743. The molecule has 6 heteroatoms. The molecule has 4 N–H and O–H groups in total. The van der Waals surface area contributed by atoms with Crippen LogP contribution in [0.1, 0.15) is 27.7 Å². The summed E-state index contributed by atoms with van der Waals surface area (Å²) in [5, 5.41) is 11.8. The third kappa shape index (κ3) is 2.85. The largest absolute Gasteiger partial charge is 0.394 e. The molecule has 0 saturated carbocycles. The molecule has 1 saturated heterocycles. The molecule has 0 aromatic rings. The number of hydrogen-bond acceptors (Lipinski definition) is 5. The molecule has 1 heterocycles. The summed E-state index contributed by atoms with van der Waals surface area (Å²) in [4.78, 5) is 11.7. The van der Waals surface area contributed by atoms with Crippen molar-refractivity contribution in [2.75, 3.05) is 6.61 Å². The zero-order chi connectivity index (χ0) is 12.6. The monoisotopic (exact) mass is 264 g/mol. The standard InChI is InChI=1S/C10H20N2O2S2/c1-9(2)8(10(3,4)16-15-9)12-7(14)6(11)5-13/h6,8,13H,5,11H2,1-4H3,(H,12,14)/t6-/m1/s1. The SMILES string of the molecule is CC1(C)SSC(C)(C)C1NC(=O)[C@H](N)CO. The fraction of sp³-hybridized carbons (Fsp3) is 0.900. The zero-order valence-electron chi connectivity index (χ0n) is 10.1. The van der Waals surface area contributed by atoms with Gasteiger partial charge in [0.15, 0.2) is 0 Å². The Bertz CT molecular complexity index is 266. The number of carbonyl (C=O) groups is 1. The highest BCUT2D eigenvalue weighted by molar-refractivity contribution is 8.78. The van der Waals surface area contributed by atoms with Gasteiger partial charge in [-0.05, 0) is 27.7 Å². The topological polar surface area (TPSA) is 75.4 Å². The Hall–Kier alpha value is 0.0900. The van der Waals surface area contributed by atoms with Gasteiger partial charge < -0.3 is 16.2 Å². The molecule has 0 spiro atoms. The van der Waals surface area contributed by atoms with Crippen LogP contribution in [0.4, 0.5) is 0 Å². The van der Waals surface area contributed by atoms with E-state index in [2.05, 4.69) is 33.0 Å². The van der Waals surface area contributed by atoms with Gasteiger partial charge in [0.2, 0.25) is 5.91 Å². The lowest BCUT2D eigenvalue weighted by Crippen LogP contribution is -2.57. The minimum absolute atomic E-state index is 0.0288. The van der Waals surface area contributed by atoms with Crippen LogP contribution in [0.5, 0.6) is 0 Å². The highest BCUT2D eigenvalue weighted by atomic mass is 33.1. The summed E-state index contributed by atoms with van der Waals surface area (Å²) in [7, 11) is 3.55. The van der Waals surface area contributed by atoms with Crippen molar-refractivity contribution >= 4 is 27.5 Å². The molecule has 0 aliphatic carbocycles. The van der Waals surface area contributed by atoms with Crippen LogP contribution >= 0.6 is 21.6 Å². The molecule has 4 nitrogen and oxygen atoms in total. The quantitative estimate of drug-likeness (QED) is 0.656. The Labute approximate surface area is 105 Å². The van der Waals surface area contributed by atoms with Gasteiger partial charge >= 0.3 is 0 Å². The van der Waals surface area contributed by atoms with E-state index in [0.717, 1.165) is 0 Å². The first kappa shape index (κ1) is 14.2. The Balaban J connectivity index is 2.74. The molecule has 0 bridgehead atoms. The minimum atomic E-state index is -0.831. The van der Waals surface area contributed by atoms with Gasteiger partial charge in [0.25, 0.3) is 0 Å². The summed E-state index contributed by atoms with van der Waals surface area (Å²) < 4.78 is -0.0575. The summed E-state index contributed by atoms with van der Waals surface area (Å²) in [6, 6.07) is -0.790. The van der Waals surface area contributed by atoms with E-state index in [1.54, 1.807) is 21.6 Å². The van der Waals surface area contributed by atoms with Gasteiger partial charge in [-0.2, -0.15) is 0 Å². The molecular weight excluding hydrogens is 244 g/mol. The van der Waals surface area contributed by atoms with Crippen molar-refractivity contribution in [3.05, 3.63) is 0 Å². The molecule has 1 amide bonds. The third-order valence-corrected chi connectivity index (χ3v) is 6.92. The minimum Gasteiger partial charge on any atom is -0.394 e. The van der Waals surface area contributed by atoms with Gasteiger partial charge in [-0.3, -0.25) is 4.79 Å². The van der Waals surface area contributed by atoms with Crippen molar-refractivity contribution in [2.24, 2.45) is 5.73 Å². The smallest absolute Gasteiger partial charge is 0.239 e. The molecule has 0 unspecified atom stereocenters. The van der Waals surface area contributed by atoms with Gasteiger partial charge in [-0.1, -0.05) is 21.6 Å². The Morgan fingerprint density at radius 1 is 1.38 bits per heavy atom. The summed E-state index contributed by atoms with van der Waals surface area (Å²) in [5.41, 5.74) is 5.50. The van der Waals surface area contributed by atoms with Crippen LogP contribution < -0.4 is 11.1 Å². The number of carbonyl (C=O) groups excluding carboxylic acids is 1. The number of nitrogens with two attached hydrogens (primary N) is 1. The Kier molecular flexibility index (Phi) is 4.21. The van der Waals surface area contributed by atoms with Gasteiger partial charge in [-0.25, -0.2) is 0 Å². The van der Waals surface area contributed by atoms with Crippen molar-refractivity contribution in [3.8, 4) is 0 Å². The van der Waals surface area contributed by atoms with Crippen LogP contribution in [0.15, 0.2) is 0 Å². The predicted molar refractivity (Wildman–Crippen MR) is 70.3 cm³/mol. The van der Waals surface area contributed by atoms with Crippen molar-refractivity contribution in [2.45, 2.75) is 49.3 Å². The molecule has 1 fully saturated rings. The van der Waals surface area contributed by atoms with Gasteiger partial charge in [-0.15, -0.1) is 0 Å². The molecule has 1 rings (SSSR count). The number of aliphatic hydroxyl groups excluding tert-OH is 1. The van der Waals surface area contributed by atoms with Crippen molar-refractivity contribution < 1.29 is 9.90 Å². The van der Waals surface area contributed by atoms with Crippen LogP contribution in [0.2, 0.25) is 0 Å². The second-order valence-electron chi connectivity index (χ2n) is 5.10. The maximum Gasteiger partial charge on any atom is 0.239 e. The van der Waals surface area contributed by atoms with Crippen LogP contribution in [-0.2, 0) is 4.79 Å². The normalized spacial score (nSPS) is 25.4. The fourth-order valence-electron chi connectivity index (χ4n) is 1.83. The Morgan fingerprint density at radius 3 is 2.19 bits per heavy atom. The number of hydrogen-bond donors (Lipinski definition) is 3. The molecule has 1 aliphatic heterocycles. The van der Waals surface area contributed by atoms with Gasteiger partial charge in [0.1, 0.15) is 6.04 Å². The molecule has 16 heavy (non-hydrogen) atoms. The van der Waals surface area contributed by atoms with Crippen LogP contribution in [0.3, 0.4) is 0 Å². The maximum absolute atomic E-state index is 11.7. The van der Waals surface area contributed by atoms with Gasteiger partial charge in [0.05, 0.1) is 12.6 Å². The molecule has 94 valence electrons. The molecule has 0 radical (unpaired) electrons. The lowest BCUT2D eigenvalue weighted by Gasteiger charge is -2.34. The van der Waals surface area contributed by atoms with Crippen molar-refractivity contribution in [1.82, 2.24) is 5.32 Å². The average molecular weight is 264 g/mol. The van der Waals surface area contributed by atoms with E-state index in [0.29, 0.717) is 0 Å². The highest BCUT2D eigenvalue weighted by Crippen LogP contribution is 2.56. The van der Waals surface area contributed by atoms with Crippen molar-refractivity contribution in [1.29, 1.82) is 0 Å². The molecular formula is C10H20N2O2S2. The van der Waals surface area contributed by atoms with E-state index in [-0.39, 0.29) is 28.0 Å². The first-order valence-electron chi connectivity index (χ1n) is 5.24. The first-order chi connectivity index (χ1) is 7.20. The molecule has 1 atom stereocenters. The summed E-state index contributed by atoms with van der Waals surface area (Å²) >= 11 is 0. The van der Waals surface area contributed by atoms with E-state index in [1.807, 2.05) is 0 Å². The average Bonchev–Trinajstić information content (AvgIpc) is 2.40. The lowest BCUT2D eigenvalue weighted by molar-refractivity contribution is -0.124. The first-order valence-corrected chi connectivity index (χ1v) is 7.39. The molecule has 0 aromatic carbocycles. The van der Waals surface area contributed by atoms with E-state index in [9.17, 15) is 4.79 Å². The maximum atomic E-state index is 11.7. The van der Waals surface area contributed by atoms with E-state index < -0.39 is 6.04 Å². The molecule has 0 aromatic heterocycles. The second-order valence-corrected chi connectivity index (χ2v) is 8.54. The number of aliphatic hydroxyl groups is 1. The van der Waals surface area contributed by atoms with Crippen LogP contribution in [0, 0.1) is 0 Å². The van der Waals surface area contributed by atoms with E-state index in [4.69, 9.17) is 10.8 Å². The number of rotatable bonds is 3. The second kappa shape index (κ2) is 4.76. The van der Waals surface area contributed by atoms with E-state index in [1.165, 1.54) is 0 Å². The highest BCUT2D eigenvalue weighted by Gasteiger charge is 2.49. The third-order valence-electron chi connectivity index (χ3n) is 2.68. The zero-order valence-corrected chi connectivity index (χ0v) is 11.7. The van der Waals surface area contributed by atoms with Crippen LogP contribution in [0.25, 0.3) is 0 Å². The fourth-order valence-corrected chi connectivity index (χ4v) is 5.10. The van der Waals surface area contributed by atoms with Crippen LogP contribution in [-0.4, -0.2) is 39.2 Å². The number of amides is 1. The number of nitrogens with one attached hydrogen (secondary N) is 1. The summed E-state index contributed by atoms with van der Waals surface area (Å²) in [5.74, 6) is -0.281. The molecule has 1 aliphatic rings. The summed E-state index contributed by atoms with van der Waals surface area (Å²) in [6.07, 6.45) is 0.